The molecule has 24 heavy (non-hydrogen) atoms. The first-order valence-corrected chi connectivity index (χ1v) is 8.09. The van der Waals surface area contributed by atoms with E-state index >= 15 is 0 Å². The lowest BCUT2D eigenvalue weighted by molar-refractivity contribution is 0.130. The van der Waals surface area contributed by atoms with Crippen LogP contribution in [-0.2, 0) is 11.4 Å². The first kappa shape index (κ1) is 16.1. The fourth-order valence-electron chi connectivity index (χ4n) is 2.21. The molecule has 0 heterocycles. The van der Waals surface area contributed by atoms with Crippen LogP contribution in [0.2, 0.25) is 0 Å². The van der Waals surface area contributed by atoms with Crippen LogP contribution in [0, 0.1) is 0 Å². The molecule has 2 amide bonds. The van der Waals surface area contributed by atoms with E-state index < -0.39 is 0 Å². The monoisotopic (exact) mass is 323 g/mol. The van der Waals surface area contributed by atoms with Crippen LogP contribution in [0.5, 0.6) is 0 Å². The normalized spacial score (nSPS) is 14.1. The van der Waals surface area contributed by atoms with E-state index in [9.17, 15) is 4.79 Å². The third-order valence-corrected chi connectivity index (χ3v) is 3.75. The zero-order chi connectivity index (χ0) is 16.8. The Bertz CT molecular complexity index is 707. The highest BCUT2D eigenvalue weighted by atomic mass is 16.6. The molecule has 3 rings (SSSR count). The van der Waals surface area contributed by atoms with Gasteiger partial charge in [-0.3, -0.25) is 0 Å². The lowest BCUT2D eigenvalue weighted by atomic mass is 10.1. The maximum absolute atomic E-state index is 11.7. The molecule has 0 unspecified atom stereocenters. The van der Waals surface area contributed by atoms with Gasteiger partial charge in [0.1, 0.15) is 6.61 Å². The van der Waals surface area contributed by atoms with Crippen molar-refractivity contribution in [3.8, 4) is 0 Å². The van der Waals surface area contributed by atoms with Crippen molar-refractivity contribution in [1.82, 2.24) is 5.32 Å². The molecular weight excluding hydrogens is 302 g/mol. The third kappa shape index (κ3) is 4.84. The summed E-state index contributed by atoms with van der Waals surface area (Å²) >= 11 is 0. The highest BCUT2D eigenvalue weighted by molar-refractivity contribution is 5.99. The quantitative estimate of drug-likeness (QED) is 0.625. The molecule has 0 aliphatic heterocycles. The van der Waals surface area contributed by atoms with Crippen molar-refractivity contribution in [3.05, 3.63) is 65.7 Å². The van der Waals surface area contributed by atoms with Crippen molar-refractivity contribution in [1.29, 1.82) is 0 Å². The van der Waals surface area contributed by atoms with Crippen LogP contribution in [-0.4, -0.2) is 17.8 Å². The topological polar surface area (TPSA) is 62.7 Å². The number of carbonyl (C=O) groups is 1. The van der Waals surface area contributed by atoms with Crippen LogP contribution >= 0.6 is 0 Å². The minimum atomic E-state index is -0.151. The lowest BCUT2D eigenvalue weighted by Crippen LogP contribution is -2.30. The molecule has 1 fully saturated rings. The van der Waals surface area contributed by atoms with Gasteiger partial charge < -0.3 is 15.5 Å². The number of nitrogens with one attached hydrogen (secondary N) is 2. The van der Waals surface area contributed by atoms with Crippen molar-refractivity contribution in [2.24, 2.45) is 5.16 Å². The molecule has 1 saturated carbocycles. The Morgan fingerprint density at radius 3 is 2.50 bits per heavy atom. The van der Waals surface area contributed by atoms with Crippen molar-refractivity contribution in [2.45, 2.75) is 32.4 Å². The maximum Gasteiger partial charge on any atom is 0.319 e. The van der Waals surface area contributed by atoms with E-state index in [1.807, 2.05) is 61.5 Å². The minimum absolute atomic E-state index is 0.151. The first-order valence-electron chi connectivity index (χ1n) is 8.09. The molecule has 5 nitrogen and oxygen atoms in total. The average Bonchev–Trinajstić information content (AvgIpc) is 3.40. The van der Waals surface area contributed by atoms with Crippen molar-refractivity contribution in [3.63, 3.8) is 0 Å². The number of urea groups is 1. The highest BCUT2D eigenvalue weighted by Crippen LogP contribution is 2.19. The number of carbonyl (C=O) groups excluding carboxylic acids is 1. The standard InChI is InChI=1S/C19H21N3O2/c1-14(22-24-13-15-5-3-2-4-6-15)16-7-9-17(10-8-16)20-19(23)21-18-11-12-18/h2-10,18H,11-13H2,1H3,(H2,20,21,23)/b22-14+. The highest BCUT2D eigenvalue weighted by Gasteiger charge is 2.23. The molecule has 2 N–H and O–H groups in total. The van der Waals surface area contributed by atoms with E-state index in [4.69, 9.17) is 4.84 Å². The van der Waals surface area contributed by atoms with E-state index in [0.29, 0.717) is 12.6 Å². The van der Waals surface area contributed by atoms with Gasteiger partial charge in [0.05, 0.1) is 5.71 Å². The Hall–Kier alpha value is -2.82. The SMILES string of the molecule is C/C(=N\OCc1ccccc1)c1ccc(NC(=O)NC2CC2)cc1. The summed E-state index contributed by atoms with van der Waals surface area (Å²) < 4.78 is 0. The summed E-state index contributed by atoms with van der Waals surface area (Å²) in [5.41, 5.74) is 3.58. The summed E-state index contributed by atoms with van der Waals surface area (Å²) in [6, 6.07) is 17.7. The van der Waals surface area contributed by atoms with Gasteiger partial charge in [0.2, 0.25) is 0 Å². The summed E-state index contributed by atoms with van der Waals surface area (Å²) in [6.45, 7) is 2.34. The summed E-state index contributed by atoms with van der Waals surface area (Å²) in [5, 5.41) is 9.86. The predicted octanol–water partition coefficient (Wildman–Crippen LogP) is 3.91. The van der Waals surface area contributed by atoms with E-state index in [1.165, 1.54) is 0 Å². The first-order chi connectivity index (χ1) is 11.7. The van der Waals surface area contributed by atoms with Crippen LogP contribution in [0.25, 0.3) is 0 Å². The molecule has 5 heteroatoms. The fraction of sp³-hybridized carbons (Fsp3) is 0.263. The van der Waals surface area contributed by atoms with Crippen molar-refractivity contribution < 1.29 is 9.63 Å². The van der Waals surface area contributed by atoms with Gasteiger partial charge in [-0.2, -0.15) is 0 Å². The Morgan fingerprint density at radius 1 is 1.12 bits per heavy atom. The van der Waals surface area contributed by atoms with Crippen molar-refractivity contribution >= 4 is 17.4 Å². The Kier molecular flexibility index (Phi) is 5.11. The molecule has 0 spiro atoms. The zero-order valence-corrected chi connectivity index (χ0v) is 13.7. The van der Waals surface area contributed by atoms with Gasteiger partial charge >= 0.3 is 6.03 Å². The predicted molar refractivity (Wildman–Crippen MR) is 95.1 cm³/mol. The molecule has 0 bridgehead atoms. The second-order valence-corrected chi connectivity index (χ2v) is 5.89. The molecular formula is C19H21N3O2. The smallest absolute Gasteiger partial charge is 0.319 e. The second-order valence-electron chi connectivity index (χ2n) is 5.89. The minimum Gasteiger partial charge on any atom is -0.391 e. The second kappa shape index (κ2) is 7.64. The van der Waals surface area contributed by atoms with E-state index in [0.717, 1.165) is 35.4 Å². The number of rotatable bonds is 6. The summed E-state index contributed by atoms with van der Waals surface area (Å²) in [6.07, 6.45) is 2.15. The molecule has 0 radical (unpaired) electrons. The van der Waals surface area contributed by atoms with Gasteiger partial charge in [0.15, 0.2) is 0 Å². The molecule has 0 aromatic heterocycles. The van der Waals surface area contributed by atoms with Gasteiger partial charge in [-0.25, -0.2) is 4.79 Å². The van der Waals surface area contributed by atoms with Crippen molar-refractivity contribution in [2.75, 3.05) is 5.32 Å². The van der Waals surface area contributed by atoms with Crippen LogP contribution < -0.4 is 10.6 Å². The number of hydrogen-bond acceptors (Lipinski definition) is 3. The Morgan fingerprint density at radius 2 is 1.83 bits per heavy atom. The van der Waals surface area contributed by atoms with E-state index in [-0.39, 0.29) is 6.03 Å². The molecule has 2 aromatic rings. The van der Waals surface area contributed by atoms with Gasteiger partial charge in [0.25, 0.3) is 0 Å². The fourth-order valence-corrected chi connectivity index (χ4v) is 2.21. The van der Waals surface area contributed by atoms with Gasteiger partial charge in [-0.05, 0) is 43.0 Å². The van der Waals surface area contributed by atoms with Crippen LogP contribution in [0.15, 0.2) is 59.8 Å². The van der Waals surface area contributed by atoms with Crippen LogP contribution in [0.3, 0.4) is 0 Å². The maximum atomic E-state index is 11.7. The average molecular weight is 323 g/mol. The molecule has 2 aromatic carbocycles. The molecule has 1 aliphatic carbocycles. The molecule has 0 saturated heterocycles. The van der Waals surface area contributed by atoms with Gasteiger partial charge in [-0.1, -0.05) is 47.6 Å². The van der Waals surface area contributed by atoms with E-state index in [2.05, 4.69) is 15.8 Å². The number of benzene rings is 2. The summed E-state index contributed by atoms with van der Waals surface area (Å²) in [4.78, 5) is 17.1. The number of hydrogen-bond donors (Lipinski definition) is 2. The Balaban J connectivity index is 1.51. The number of anilines is 1. The number of amides is 2. The van der Waals surface area contributed by atoms with Crippen LogP contribution in [0.1, 0.15) is 30.9 Å². The Labute approximate surface area is 141 Å². The molecule has 124 valence electrons. The molecule has 0 atom stereocenters. The zero-order valence-electron chi connectivity index (χ0n) is 13.7. The van der Waals surface area contributed by atoms with Gasteiger partial charge in [-0.15, -0.1) is 0 Å². The lowest BCUT2D eigenvalue weighted by Gasteiger charge is -2.07. The largest absolute Gasteiger partial charge is 0.391 e. The molecule has 1 aliphatic rings. The summed E-state index contributed by atoms with van der Waals surface area (Å²) in [5.74, 6) is 0. The third-order valence-electron chi connectivity index (χ3n) is 3.75. The van der Waals surface area contributed by atoms with Crippen LogP contribution in [0.4, 0.5) is 10.5 Å². The summed E-state index contributed by atoms with van der Waals surface area (Å²) in [7, 11) is 0. The number of nitrogens with zero attached hydrogens (tertiary/aromatic N) is 1. The van der Waals surface area contributed by atoms with Gasteiger partial charge in [0, 0.05) is 11.7 Å². The van der Waals surface area contributed by atoms with E-state index in [1.54, 1.807) is 0 Å². The number of oxime groups is 1.